The van der Waals surface area contributed by atoms with Gasteiger partial charge in [0.05, 0.1) is 0 Å². The van der Waals surface area contributed by atoms with Crippen molar-refractivity contribution in [2.24, 2.45) is 5.73 Å². The van der Waals surface area contributed by atoms with Gasteiger partial charge >= 0.3 is 6.03 Å². The van der Waals surface area contributed by atoms with Gasteiger partial charge in [-0.2, -0.15) is 0 Å². The highest BCUT2D eigenvalue weighted by Crippen LogP contribution is 1.91. The minimum Gasteiger partial charge on any atom is -0.352 e. The van der Waals surface area contributed by atoms with Crippen LogP contribution in [0.3, 0.4) is 0 Å². The van der Waals surface area contributed by atoms with Crippen molar-refractivity contribution in [1.29, 1.82) is 0 Å². The van der Waals surface area contributed by atoms with Crippen molar-refractivity contribution in [2.75, 3.05) is 0 Å². The van der Waals surface area contributed by atoms with E-state index < -0.39 is 23.9 Å². The smallest absolute Gasteiger partial charge is 0.313 e. The molecule has 0 unspecified atom stereocenters. The van der Waals surface area contributed by atoms with Gasteiger partial charge in [0.2, 0.25) is 0 Å². The van der Waals surface area contributed by atoms with Crippen LogP contribution in [0.2, 0.25) is 0 Å². The fourth-order valence-electron chi connectivity index (χ4n) is 0.792. The Morgan fingerprint density at radius 3 is 2.23 bits per heavy atom. The number of hydrogen-bond donors (Lipinski definition) is 4. The molecule has 1 heterocycles. The molecule has 0 spiro atoms. The van der Waals surface area contributed by atoms with E-state index in [1.807, 2.05) is 5.32 Å². The first-order valence-electron chi connectivity index (χ1n) is 3.22. The van der Waals surface area contributed by atoms with Crippen molar-refractivity contribution >= 4 is 35.2 Å². The number of nitrogens with two attached hydrogens (primary N) is 1. The number of primary amides is 1. The molecule has 4 amide bonds. The number of nitrogens with one attached hydrogen (secondary N) is 3. The summed E-state index contributed by atoms with van der Waals surface area (Å²) in [6.07, 6.45) is 0. The Morgan fingerprint density at radius 1 is 1.38 bits per heavy atom. The molecule has 8 heteroatoms. The second-order valence-corrected chi connectivity index (χ2v) is 2.66. The second kappa shape index (κ2) is 3.35. The summed E-state index contributed by atoms with van der Waals surface area (Å²) < 4.78 is 0. The van der Waals surface area contributed by atoms with Crippen molar-refractivity contribution in [3.63, 3.8) is 0 Å². The van der Waals surface area contributed by atoms with Crippen molar-refractivity contribution in [1.82, 2.24) is 16.0 Å². The summed E-state index contributed by atoms with van der Waals surface area (Å²) in [5.74, 6) is -1.40. The van der Waals surface area contributed by atoms with Gasteiger partial charge in [-0.3, -0.25) is 9.59 Å². The Morgan fingerprint density at radius 2 is 1.85 bits per heavy atom. The number of thiocarbonyl (C=S) groups is 1. The molecule has 1 aliphatic rings. The third kappa shape index (κ3) is 2.12. The lowest BCUT2D eigenvalue weighted by Crippen LogP contribution is -2.64. The highest BCUT2D eigenvalue weighted by atomic mass is 32.1. The number of carbonyl (C=O) groups is 3. The molecule has 0 radical (unpaired) electrons. The molecule has 0 atom stereocenters. The Balaban J connectivity index is 2.73. The van der Waals surface area contributed by atoms with Gasteiger partial charge in [-0.15, -0.1) is 0 Å². The van der Waals surface area contributed by atoms with Crippen LogP contribution >= 0.6 is 12.2 Å². The molecule has 1 rings (SSSR count). The van der Waals surface area contributed by atoms with E-state index in [1.54, 1.807) is 0 Å². The first kappa shape index (κ1) is 9.39. The first-order valence-corrected chi connectivity index (χ1v) is 3.63. The van der Waals surface area contributed by atoms with Gasteiger partial charge in [-0.1, -0.05) is 0 Å². The van der Waals surface area contributed by atoms with Crippen LogP contribution in [0.15, 0.2) is 0 Å². The SMILES string of the molecule is NC(=O)NC1C(=O)NC(=S)NC1=O. The number of urea groups is 1. The van der Waals surface area contributed by atoms with Gasteiger partial charge < -0.3 is 21.7 Å². The van der Waals surface area contributed by atoms with E-state index >= 15 is 0 Å². The van der Waals surface area contributed by atoms with E-state index in [0.29, 0.717) is 0 Å². The maximum absolute atomic E-state index is 11.0. The van der Waals surface area contributed by atoms with Crippen LogP contribution in [-0.2, 0) is 9.59 Å². The molecule has 0 aromatic carbocycles. The average molecular weight is 202 g/mol. The zero-order valence-electron chi connectivity index (χ0n) is 6.29. The van der Waals surface area contributed by atoms with Crippen molar-refractivity contribution < 1.29 is 14.4 Å². The zero-order valence-corrected chi connectivity index (χ0v) is 7.10. The fourth-order valence-corrected chi connectivity index (χ4v) is 0.993. The molecule has 0 bridgehead atoms. The second-order valence-electron chi connectivity index (χ2n) is 2.25. The number of rotatable bonds is 1. The predicted octanol–water partition coefficient (Wildman–Crippen LogP) is -2.45. The lowest BCUT2D eigenvalue weighted by Gasteiger charge is -2.22. The van der Waals surface area contributed by atoms with Crippen LogP contribution in [0, 0.1) is 0 Å². The van der Waals surface area contributed by atoms with E-state index in [9.17, 15) is 14.4 Å². The van der Waals surface area contributed by atoms with E-state index in [2.05, 4.69) is 22.9 Å². The molecule has 1 saturated heterocycles. The Kier molecular flexibility index (Phi) is 2.42. The quantitative estimate of drug-likeness (QED) is 0.279. The minimum absolute atomic E-state index is 0.0856. The van der Waals surface area contributed by atoms with Gasteiger partial charge in [0.1, 0.15) is 0 Å². The lowest BCUT2D eigenvalue weighted by molar-refractivity contribution is -0.131. The normalized spacial score (nSPS) is 17.7. The summed E-state index contributed by atoms with van der Waals surface area (Å²) >= 11 is 4.52. The van der Waals surface area contributed by atoms with Crippen molar-refractivity contribution in [3.05, 3.63) is 0 Å². The fraction of sp³-hybridized carbons (Fsp3) is 0.200. The van der Waals surface area contributed by atoms with E-state index in [1.165, 1.54) is 0 Å². The largest absolute Gasteiger partial charge is 0.352 e. The zero-order chi connectivity index (χ0) is 10.0. The number of hydrogen-bond acceptors (Lipinski definition) is 4. The van der Waals surface area contributed by atoms with Crippen LogP contribution in [0.5, 0.6) is 0 Å². The summed E-state index contributed by atoms with van der Waals surface area (Å²) in [7, 11) is 0. The molecule has 0 aliphatic carbocycles. The summed E-state index contributed by atoms with van der Waals surface area (Å²) in [6.45, 7) is 0. The maximum atomic E-state index is 11.0. The minimum atomic E-state index is -1.32. The molecule has 1 aliphatic heterocycles. The van der Waals surface area contributed by atoms with Crippen LogP contribution < -0.4 is 21.7 Å². The first-order chi connectivity index (χ1) is 6.00. The molecule has 0 aromatic rings. The summed E-state index contributed by atoms with van der Waals surface area (Å²) in [4.78, 5) is 32.4. The highest BCUT2D eigenvalue weighted by molar-refractivity contribution is 7.80. The standard InChI is InChI=1S/C5H6N4O3S/c6-4(12)7-1-2(10)8-5(13)9-3(1)11/h1H,(H3,6,7,12)(H2,8,9,10,11,13). The molecule has 1 fully saturated rings. The molecular weight excluding hydrogens is 196 g/mol. The highest BCUT2D eigenvalue weighted by Gasteiger charge is 2.33. The van der Waals surface area contributed by atoms with Crippen LogP contribution in [0.25, 0.3) is 0 Å². The Hall–Kier alpha value is -1.70. The summed E-state index contributed by atoms with van der Waals surface area (Å²) in [6, 6.07) is -2.27. The van der Waals surface area contributed by atoms with E-state index in [4.69, 9.17) is 5.73 Å². The van der Waals surface area contributed by atoms with Crippen LogP contribution in [-0.4, -0.2) is 29.0 Å². The molecule has 70 valence electrons. The Labute approximate surface area is 78.0 Å². The van der Waals surface area contributed by atoms with Gasteiger partial charge in [-0.25, -0.2) is 4.79 Å². The third-order valence-corrected chi connectivity index (χ3v) is 1.49. The summed E-state index contributed by atoms with van der Waals surface area (Å²) in [5, 5.41) is 6.18. The topological polar surface area (TPSA) is 113 Å². The molecule has 13 heavy (non-hydrogen) atoms. The summed E-state index contributed by atoms with van der Waals surface area (Å²) in [5.41, 5.74) is 4.74. The van der Waals surface area contributed by atoms with E-state index in [0.717, 1.165) is 0 Å². The predicted molar refractivity (Wildman–Crippen MR) is 45.4 cm³/mol. The molecule has 7 nitrogen and oxygen atoms in total. The molecule has 0 saturated carbocycles. The van der Waals surface area contributed by atoms with Gasteiger partial charge in [0, 0.05) is 0 Å². The Bertz CT molecular complexity index is 282. The van der Waals surface area contributed by atoms with Crippen LogP contribution in [0.4, 0.5) is 4.79 Å². The third-order valence-electron chi connectivity index (χ3n) is 1.28. The van der Waals surface area contributed by atoms with E-state index in [-0.39, 0.29) is 5.11 Å². The average Bonchev–Trinajstić information content (AvgIpc) is 1.96. The van der Waals surface area contributed by atoms with Gasteiger partial charge in [0.15, 0.2) is 11.2 Å². The van der Waals surface area contributed by atoms with Gasteiger partial charge in [0.25, 0.3) is 11.8 Å². The van der Waals surface area contributed by atoms with Crippen molar-refractivity contribution in [3.8, 4) is 0 Å². The van der Waals surface area contributed by atoms with Crippen molar-refractivity contribution in [2.45, 2.75) is 6.04 Å². The van der Waals surface area contributed by atoms with Crippen LogP contribution in [0.1, 0.15) is 0 Å². The number of carbonyl (C=O) groups excluding carboxylic acids is 3. The molecule has 0 aromatic heterocycles. The lowest BCUT2D eigenvalue weighted by atomic mass is 10.2. The monoisotopic (exact) mass is 202 g/mol. The maximum Gasteiger partial charge on any atom is 0.313 e. The number of amides is 4. The molecule has 5 N–H and O–H groups in total. The van der Waals surface area contributed by atoms with Gasteiger partial charge in [-0.05, 0) is 12.2 Å². The molecular formula is C5H6N4O3S.